The summed E-state index contributed by atoms with van der Waals surface area (Å²) < 4.78 is 2.95. The predicted octanol–water partition coefficient (Wildman–Crippen LogP) is 2.72. The van der Waals surface area contributed by atoms with Gasteiger partial charge in [0, 0.05) is 34.9 Å². The highest BCUT2D eigenvalue weighted by Gasteiger charge is 2.47. The second-order valence-corrected chi connectivity index (χ2v) is 9.34. The molecule has 1 aromatic carbocycles. The van der Waals surface area contributed by atoms with Gasteiger partial charge in [0.1, 0.15) is 5.82 Å². The van der Waals surface area contributed by atoms with Crippen LogP contribution in [0.1, 0.15) is 29.1 Å². The molecular formula is C21H21ClN4O2S. The van der Waals surface area contributed by atoms with Crippen molar-refractivity contribution in [1.29, 1.82) is 0 Å². The summed E-state index contributed by atoms with van der Waals surface area (Å²) in [7, 11) is 0. The highest BCUT2D eigenvalue weighted by molar-refractivity contribution is 7.09. The van der Waals surface area contributed by atoms with Crippen LogP contribution in [0.3, 0.4) is 0 Å². The fraction of sp³-hybridized carbons (Fsp3) is 0.381. The summed E-state index contributed by atoms with van der Waals surface area (Å²) in [6.45, 7) is 3.43. The molecule has 3 aromatic rings. The van der Waals surface area contributed by atoms with Gasteiger partial charge in [-0.15, -0.1) is 11.3 Å². The number of aromatic nitrogens is 3. The minimum Gasteiger partial charge on any atom is -0.298 e. The molecule has 150 valence electrons. The molecule has 2 aliphatic heterocycles. The normalized spacial score (nSPS) is 21.1. The third-order valence-electron chi connectivity index (χ3n) is 6.09. The van der Waals surface area contributed by atoms with E-state index in [1.165, 1.54) is 4.68 Å². The average Bonchev–Trinajstić information content (AvgIpc) is 3.44. The Kier molecular flexibility index (Phi) is 4.69. The zero-order valence-corrected chi connectivity index (χ0v) is 17.5. The Labute approximate surface area is 177 Å². The smallest absolute Gasteiger partial charge is 0.298 e. The summed E-state index contributed by atoms with van der Waals surface area (Å²) in [4.78, 5) is 28.7. The molecule has 2 aromatic heterocycles. The quantitative estimate of drug-likeness (QED) is 0.599. The van der Waals surface area contributed by atoms with Gasteiger partial charge in [0.05, 0.1) is 6.54 Å². The highest BCUT2D eigenvalue weighted by atomic mass is 35.5. The fourth-order valence-corrected chi connectivity index (χ4v) is 5.46. The van der Waals surface area contributed by atoms with Gasteiger partial charge in [-0.3, -0.25) is 19.1 Å². The number of fused-ring (bicyclic) bond motifs is 2. The molecule has 0 aliphatic carbocycles. The maximum absolute atomic E-state index is 12.7. The highest BCUT2D eigenvalue weighted by Crippen LogP contribution is 2.41. The first-order chi connectivity index (χ1) is 14.1. The average molecular weight is 429 g/mol. The molecule has 5 rings (SSSR count). The van der Waals surface area contributed by atoms with Gasteiger partial charge in [0.25, 0.3) is 0 Å². The van der Waals surface area contributed by atoms with Crippen LogP contribution in [0.5, 0.6) is 0 Å². The maximum Gasteiger partial charge on any atom is 0.332 e. The first kappa shape index (κ1) is 18.8. The number of thiophene rings is 1. The second-order valence-electron chi connectivity index (χ2n) is 7.90. The molecule has 1 spiro atoms. The predicted molar refractivity (Wildman–Crippen MR) is 114 cm³/mol. The number of likely N-dealkylation sites (tertiary alicyclic amines) is 1. The van der Waals surface area contributed by atoms with E-state index < -0.39 is 11.1 Å². The van der Waals surface area contributed by atoms with E-state index in [-0.39, 0.29) is 5.41 Å². The third-order valence-corrected chi connectivity index (χ3v) is 7.32. The molecule has 0 N–H and O–H groups in total. The molecule has 1 saturated heterocycles. The molecule has 0 amide bonds. The van der Waals surface area contributed by atoms with Crippen LogP contribution < -0.4 is 11.1 Å². The number of hydrogen-bond donors (Lipinski definition) is 0. The number of nitrogens with zero attached hydrogens (tertiary/aromatic N) is 4. The first-order valence-corrected chi connectivity index (χ1v) is 11.0. The molecular weight excluding hydrogens is 408 g/mol. The van der Waals surface area contributed by atoms with Crippen molar-refractivity contribution in [2.75, 3.05) is 13.1 Å². The third kappa shape index (κ3) is 3.27. The van der Waals surface area contributed by atoms with Crippen LogP contribution in [0, 0.1) is 0 Å². The molecule has 2 aliphatic rings. The summed E-state index contributed by atoms with van der Waals surface area (Å²) in [6.07, 6.45) is 1.78. The summed E-state index contributed by atoms with van der Waals surface area (Å²) in [5.74, 6) is 0.764. The summed E-state index contributed by atoms with van der Waals surface area (Å²) in [5.41, 5.74) is -0.0546. The van der Waals surface area contributed by atoms with E-state index in [0.717, 1.165) is 53.8 Å². The molecule has 1 atom stereocenters. The van der Waals surface area contributed by atoms with Gasteiger partial charge >= 0.3 is 11.1 Å². The van der Waals surface area contributed by atoms with Crippen LogP contribution in [0.15, 0.2) is 51.4 Å². The molecule has 6 nitrogen and oxygen atoms in total. The number of benzene rings is 1. The maximum atomic E-state index is 12.7. The van der Waals surface area contributed by atoms with Crippen LogP contribution >= 0.6 is 22.9 Å². The van der Waals surface area contributed by atoms with Crippen LogP contribution in [0.2, 0.25) is 5.02 Å². The van der Waals surface area contributed by atoms with Gasteiger partial charge in [-0.05, 0) is 42.5 Å². The van der Waals surface area contributed by atoms with E-state index in [1.807, 2.05) is 35.7 Å². The molecule has 29 heavy (non-hydrogen) atoms. The van der Waals surface area contributed by atoms with E-state index in [9.17, 15) is 9.59 Å². The van der Waals surface area contributed by atoms with Crippen molar-refractivity contribution in [1.82, 2.24) is 19.2 Å². The largest absolute Gasteiger partial charge is 0.332 e. The number of halogens is 1. The van der Waals surface area contributed by atoms with Crippen molar-refractivity contribution in [3.8, 4) is 0 Å². The van der Waals surface area contributed by atoms with Gasteiger partial charge in [0.2, 0.25) is 0 Å². The number of hydrogen-bond acceptors (Lipinski definition) is 5. The minimum absolute atomic E-state index is 0.175. The first-order valence-electron chi connectivity index (χ1n) is 9.76. The van der Waals surface area contributed by atoms with Crippen LogP contribution in [-0.2, 0) is 25.0 Å². The Balaban J connectivity index is 1.46. The second kappa shape index (κ2) is 7.23. The topological polar surface area (TPSA) is 60.1 Å². The van der Waals surface area contributed by atoms with E-state index >= 15 is 0 Å². The van der Waals surface area contributed by atoms with Crippen LogP contribution in [-0.4, -0.2) is 32.3 Å². The van der Waals surface area contributed by atoms with Gasteiger partial charge in [-0.25, -0.2) is 4.68 Å². The van der Waals surface area contributed by atoms with E-state index in [1.54, 1.807) is 15.9 Å². The summed E-state index contributed by atoms with van der Waals surface area (Å²) in [6, 6.07) is 11.8. The van der Waals surface area contributed by atoms with E-state index in [2.05, 4.69) is 11.0 Å². The van der Waals surface area contributed by atoms with Crippen molar-refractivity contribution in [2.24, 2.45) is 0 Å². The molecule has 0 saturated carbocycles. The summed E-state index contributed by atoms with van der Waals surface area (Å²) >= 11 is 7.90. The Bertz CT molecular complexity index is 1170. The number of rotatable bonds is 4. The van der Waals surface area contributed by atoms with Gasteiger partial charge in [-0.1, -0.05) is 35.9 Å². The van der Waals surface area contributed by atoms with Gasteiger partial charge in [0.15, 0.2) is 0 Å². The van der Waals surface area contributed by atoms with Crippen LogP contribution in [0.4, 0.5) is 0 Å². The Morgan fingerprint density at radius 3 is 2.66 bits per heavy atom. The van der Waals surface area contributed by atoms with Crippen molar-refractivity contribution < 1.29 is 0 Å². The molecule has 8 heteroatoms. The lowest BCUT2D eigenvalue weighted by molar-refractivity contribution is 0.298. The SMILES string of the molecule is O=c1c(=O)n2c(nn1Cc1cccs1)C1(CCN(Cc3ccccc3Cl)C1)CC2. The Morgan fingerprint density at radius 2 is 1.86 bits per heavy atom. The lowest BCUT2D eigenvalue weighted by atomic mass is 9.85. The molecule has 0 bridgehead atoms. The standard InChI is InChI=1S/C21H21ClN4O2S/c22-17-6-2-1-4-15(17)12-24-9-7-21(14-24)8-10-25-18(27)19(28)26(23-20(21)25)13-16-5-3-11-29-16/h1-6,11H,7-10,12-14H2. The Hall–Kier alpha value is -2.22. The van der Waals surface area contributed by atoms with Crippen molar-refractivity contribution >= 4 is 22.9 Å². The minimum atomic E-state index is -0.537. The lowest BCUT2D eigenvalue weighted by Gasteiger charge is -2.24. The molecule has 1 unspecified atom stereocenters. The lowest BCUT2D eigenvalue weighted by Crippen LogP contribution is -2.45. The molecule has 1 fully saturated rings. The van der Waals surface area contributed by atoms with E-state index in [0.29, 0.717) is 13.1 Å². The van der Waals surface area contributed by atoms with Crippen molar-refractivity contribution in [2.45, 2.75) is 37.9 Å². The fourth-order valence-electron chi connectivity index (χ4n) is 4.58. The van der Waals surface area contributed by atoms with Crippen LogP contribution in [0.25, 0.3) is 0 Å². The Morgan fingerprint density at radius 1 is 1.03 bits per heavy atom. The zero-order valence-electron chi connectivity index (χ0n) is 15.9. The summed E-state index contributed by atoms with van der Waals surface area (Å²) in [5, 5.41) is 7.45. The van der Waals surface area contributed by atoms with Crippen molar-refractivity contribution in [3.05, 3.63) is 83.8 Å². The monoisotopic (exact) mass is 428 g/mol. The van der Waals surface area contributed by atoms with Gasteiger partial charge < -0.3 is 0 Å². The van der Waals surface area contributed by atoms with Crippen molar-refractivity contribution in [3.63, 3.8) is 0 Å². The molecule has 4 heterocycles. The zero-order chi connectivity index (χ0) is 20.0. The molecule has 0 radical (unpaired) electrons. The van der Waals surface area contributed by atoms with E-state index in [4.69, 9.17) is 16.7 Å². The van der Waals surface area contributed by atoms with Gasteiger partial charge in [-0.2, -0.15) is 5.10 Å².